The zero-order valence-corrected chi connectivity index (χ0v) is 22.9. The number of benzene rings is 1. The van der Waals surface area contributed by atoms with Crippen molar-refractivity contribution in [3.05, 3.63) is 47.8 Å². The van der Waals surface area contributed by atoms with Crippen LogP contribution in [0.15, 0.2) is 36.5 Å². The number of hydrogen-bond donors (Lipinski definition) is 2. The third kappa shape index (κ3) is 6.80. The summed E-state index contributed by atoms with van der Waals surface area (Å²) in [7, 11) is 1.55. The average Bonchev–Trinajstić information content (AvgIpc) is 3.56. The number of hydrogen-bond acceptors (Lipinski definition) is 8. The lowest BCUT2D eigenvalue weighted by Crippen LogP contribution is -2.45. The molecule has 0 saturated carbocycles. The third-order valence-corrected chi connectivity index (χ3v) is 7.67. The number of pyridine rings is 1. The summed E-state index contributed by atoms with van der Waals surface area (Å²) < 4.78 is 16.7. The Bertz CT molecular complexity index is 1110. The largest absolute Gasteiger partial charge is 0.493 e. The van der Waals surface area contributed by atoms with E-state index in [1.165, 1.54) is 0 Å². The topological polar surface area (TPSA) is 127 Å². The van der Waals surface area contributed by atoms with Crippen molar-refractivity contribution < 1.29 is 28.9 Å². The number of nitrogens with zero attached hydrogens (tertiary/aromatic N) is 3. The fourth-order valence-corrected chi connectivity index (χ4v) is 5.66. The molecule has 2 aliphatic heterocycles. The molecule has 2 aliphatic rings. The Morgan fingerprint density at radius 1 is 1.23 bits per heavy atom. The molecule has 3 N–H and O–H groups in total. The summed E-state index contributed by atoms with van der Waals surface area (Å²) in [5.41, 5.74) is 7.43. The highest BCUT2D eigenvalue weighted by Crippen LogP contribution is 2.47. The predicted molar refractivity (Wildman–Crippen MR) is 146 cm³/mol. The van der Waals surface area contributed by atoms with Gasteiger partial charge in [-0.2, -0.15) is 0 Å². The maximum Gasteiger partial charge on any atom is 0.308 e. The van der Waals surface area contributed by atoms with E-state index >= 15 is 0 Å². The normalized spacial score (nSPS) is 20.2. The van der Waals surface area contributed by atoms with Gasteiger partial charge < -0.3 is 30.0 Å². The van der Waals surface area contributed by atoms with E-state index in [9.17, 15) is 14.7 Å². The number of aryl methyl sites for hydroxylation is 1. The number of aliphatic carboxylic acids is 1. The van der Waals surface area contributed by atoms with Gasteiger partial charge in [0.05, 0.1) is 19.6 Å². The molecular weight excluding hydrogens is 500 g/mol. The summed E-state index contributed by atoms with van der Waals surface area (Å²) in [6.07, 6.45) is 5.55. The van der Waals surface area contributed by atoms with Crippen molar-refractivity contribution in [3.8, 4) is 17.2 Å². The van der Waals surface area contributed by atoms with Gasteiger partial charge in [0.25, 0.3) is 0 Å². The number of likely N-dealkylation sites (tertiary alicyclic amines) is 1. The van der Waals surface area contributed by atoms with Gasteiger partial charge in [0.1, 0.15) is 0 Å². The van der Waals surface area contributed by atoms with Crippen molar-refractivity contribution in [2.75, 3.05) is 46.6 Å². The molecule has 0 bridgehead atoms. The fourth-order valence-electron chi connectivity index (χ4n) is 5.66. The molecule has 1 aromatic carbocycles. The van der Waals surface area contributed by atoms with Gasteiger partial charge in [-0.1, -0.05) is 19.4 Å². The quantitative estimate of drug-likeness (QED) is 0.372. The van der Waals surface area contributed by atoms with E-state index < -0.39 is 11.9 Å². The van der Waals surface area contributed by atoms with Crippen LogP contribution in [0.5, 0.6) is 17.2 Å². The van der Waals surface area contributed by atoms with Crippen LogP contribution >= 0.6 is 0 Å². The number of nitrogens with two attached hydrogens (primary N) is 1. The van der Waals surface area contributed by atoms with Gasteiger partial charge in [0.2, 0.25) is 18.4 Å². The van der Waals surface area contributed by atoms with Crippen LogP contribution in [0.25, 0.3) is 0 Å². The molecule has 4 rings (SSSR count). The van der Waals surface area contributed by atoms with E-state index in [0.29, 0.717) is 56.3 Å². The van der Waals surface area contributed by atoms with Crippen LogP contribution in [0.2, 0.25) is 0 Å². The maximum atomic E-state index is 13.5. The lowest BCUT2D eigenvalue weighted by atomic mass is 9.83. The van der Waals surface area contributed by atoms with E-state index in [0.717, 1.165) is 30.5 Å². The van der Waals surface area contributed by atoms with E-state index in [1.807, 2.05) is 40.1 Å². The monoisotopic (exact) mass is 540 g/mol. The molecule has 39 heavy (non-hydrogen) atoms. The smallest absolute Gasteiger partial charge is 0.308 e. The zero-order chi connectivity index (χ0) is 27.8. The molecule has 0 spiro atoms. The van der Waals surface area contributed by atoms with Crippen LogP contribution in [0.3, 0.4) is 0 Å². The molecule has 1 aromatic heterocycles. The Labute approximate surface area is 230 Å². The van der Waals surface area contributed by atoms with E-state index in [-0.39, 0.29) is 31.2 Å². The first-order valence-electron chi connectivity index (χ1n) is 13.8. The molecule has 0 aliphatic carbocycles. The summed E-state index contributed by atoms with van der Waals surface area (Å²) in [5.74, 6) is -0.384. The van der Waals surface area contributed by atoms with Gasteiger partial charge in [0.15, 0.2) is 11.5 Å². The molecule has 10 nitrogen and oxygen atoms in total. The summed E-state index contributed by atoms with van der Waals surface area (Å²) in [6, 6.07) is 9.07. The van der Waals surface area contributed by atoms with Crippen molar-refractivity contribution in [2.24, 2.45) is 11.7 Å². The molecule has 1 fully saturated rings. The minimum Gasteiger partial charge on any atom is -0.493 e. The number of fused-ring (bicyclic) bond motifs is 1. The highest BCUT2D eigenvalue weighted by atomic mass is 16.7. The molecule has 212 valence electrons. The van der Waals surface area contributed by atoms with Crippen LogP contribution in [0, 0.1) is 5.92 Å². The number of carboxylic acid groups (broad SMARTS) is 1. The molecule has 0 radical (unpaired) electrons. The van der Waals surface area contributed by atoms with Gasteiger partial charge in [0, 0.05) is 43.5 Å². The zero-order valence-electron chi connectivity index (χ0n) is 22.9. The molecule has 0 unspecified atom stereocenters. The molecule has 3 heterocycles. The van der Waals surface area contributed by atoms with Gasteiger partial charge >= 0.3 is 5.97 Å². The number of amides is 1. The van der Waals surface area contributed by atoms with Gasteiger partial charge in [-0.15, -0.1) is 0 Å². The summed E-state index contributed by atoms with van der Waals surface area (Å²) in [4.78, 5) is 34.7. The summed E-state index contributed by atoms with van der Waals surface area (Å²) in [5, 5.41) is 10.5. The lowest BCUT2D eigenvalue weighted by Gasteiger charge is -2.29. The molecule has 2 aromatic rings. The van der Waals surface area contributed by atoms with Crippen LogP contribution in [-0.2, 0) is 16.0 Å². The Balaban J connectivity index is 1.63. The standard InChI is InChI=1S/C29H40N4O6/c1-3-4-13-32(14-7-11-30)26(34)18-33-17-22(20-15-24(37-2)28-25(16-20)38-19-39-28)27(29(35)36)23(33)10-9-21-8-5-6-12-31-21/h5-6,8,12,15-16,22-23,27H,3-4,7,9-11,13-14,17-19,30H2,1-2H3,(H,35,36)/t22-,23+,27-/m1/s1. The third-order valence-electron chi connectivity index (χ3n) is 7.67. The van der Waals surface area contributed by atoms with Crippen molar-refractivity contribution in [1.29, 1.82) is 0 Å². The van der Waals surface area contributed by atoms with Crippen LogP contribution in [0.1, 0.15) is 49.8 Å². The number of ether oxygens (including phenoxy) is 3. The highest BCUT2D eigenvalue weighted by Gasteiger charge is 2.47. The summed E-state index contributed by atoms with van der Waals surface area (Å²) in [6.45, 7) is 4.56. The fraction of sp³-hybridized carbons (Fsp3) is 0.552. The lowest BCUT2D eigenvalue weighted by molar-refractivity contribution is -0.143. The number of unbranched alkanes of at least 4 members (excludes halogenated alkanes) is 1. The number of methoxy groups -OCH3 is 1. The molecule has 1 amide bonds. The predicted octanol–water partition coefficient (Wildman–Crippen LogP) is 2.90. The number of rotatable bonds is 14. The Kier molecular flexibility index (Phi) is 10.00. The molecular formula is C29H40N4O6. The molecule has 3 atom stereocenters. The van der Waals surface area contributed by atoms with E-state index in [2.05, 4.69) is 11.9 Å². The number of carbonyl (C=O) groups is 2. The first-order chi connectivity index (χ1) is 19.0. The maximum absolute atomic E-state index is 13.5. The van der Waals surface area contributed by atoms with Crippen molar-refractivity contribution >= 4 is 11.9 Å². The first kappa shape index (κ1) is 28.6. The SMILES string of the molecule is CCCCN(CCCN)C(=O)CN1C[C@H](c2cc(OC)c3c(c2)OCO3)[C@@H](C(=O)O)[C@@H]1CCc1ccccn1. The van der Waals surface area contributed by atoms with Crippen molar-refractivity contribution in [1.82, 2.24) is 14.8 Å². The Morgan fingerprint density at radius 3 is 2.74 bits per heavy atom. The first-order valence-corrected chi connectivity index (χ1v) is 13.8. The van der Waals surface area contributed by atoms with Gasteiger partial charge in [-0.3, -0.25) is 19.5 Å². The van der Waals surface area contributed by atoms with Crippen molar-refractivity contribution in [3.63, 3.8) is 0 Å². The van der Waals surface area contributed by atoms with Crippen LogP contribution < -0.4 is 19.9 Å². The summed E-state index contributed by atoms with van der Waals surface area (Å²) >= 11 is 0. The second kappa shape index (κ2) is 13.6. The van der Waals surface area contributed by atoms with E-state index in [4.69, 9.17) is 19.9 Å². The molecule has 10 heteroatoms. The second-order valence-corrected chi connectivity index (χ2v) is 10.2. The van der Waals surface area contributed by atoms with Crippen LogP contribution in [0.4, 0.5) is 0 Å². The molecule has 1 saturated heterocycles. The second-order valence-electron chi connectivity index (χ2n) is 10.2. The van der Waals surface area contributed by atoms with E-state index in [1.54, 1.807) is 13.3 Å². The van der Waals surface area contributed by atoms with Crippen LogP contribution in [-0.4, -0.2) is 84.4 Å². The number of carboxylic acids is 1. The average molecular weight is 541 g/mol. The van der Waals surface area contributed by atoms with Gasteiger partial charge in [-0.25, -0.2) is 0 Å². The van der Waals surface area contributed by atoms with Gasteiger partial charge in [-0.05, 0) is 62.1 Å². The minimum absolute atomic E-state index is 0.00721. The number of carbonyl (C=O) groups excluding carboxylic acids is 1. The number of aromatic nitrogens is 1. The Morgan fingerprint density at radius 2 is 2.05 bits per heavy atom. The highest BCUT2D eigenvalue weighted by molar-refractivity contribution is 5.79. The Hall–Kier alpha value is -3.37. The minimum atomic E-state index is -0.886. The van der Waals surface area contributed by atoms with Crippen molar-refractivity contribution in [2.45, 2.75) is 51.0 Å².